The molecule has 1 N–H and O–H groups in total. The normalized spacial score (nSPS) is 9.24. The van der Waals surface area contributed by atoms with Crippen molar-refractivity contribution in [2.75, 3.05) is 11.9 Å². The third kappa shape index (κ3) is 2.89. The maximum Gasteiger partial charge on any atom is 0.0766 e. The summed E-state index contributed by atoms with van der Waals surface area (Å²) < 4.78 is 0. The van der Waals surface area contributed by atoms with E-state index in [-0.39, 0.29) is 0 Å². The SMILES string of the molecule is CC#CCNc1ccccc1-c1ccccc1. The van der Waals surface area contributed by atoms with Gasteiger partial charge in [-0.15, -0.1) is 5.92 Å². The molecule has 1 heteroatoms. The summed E-state index contributed by atoms with van der Waals surface area (Å²) in [4.78, 5) is 0. The smallest absolute Gasteiger partial charge is 0.0766 e. The Bertz CT molecular complexity index is 532. The molecular weight excluding hydrogens is 206 g/mol. The first-order valence-electron chi connectivity index (χ1n) is 5.70. The van der Waals surface area contributed by atoms with E-state index in [1.807, 2.05) is 19.1 Å². The lowest BCUT2D eigenvalue weighted by molar-refractivity contribution is 1.38. The predicted molar refractivity (Wildman–Crippen MR) is 73.8 cm³/mol. The van der Waals surface area contributed by atoms with Gasteiger partial charge in [-0.25, -0.2) is 0 Å². The van der Waals surface area contributed by atoms with Crippen LogP contribution in [0, 0.1) is 11.8 Å². The molecule has 0 aromatic heterocycles. The molecule has 0 bridgehead atoms. The first-order valence-corrected chi connectivity index (χ1v) is 5.70. The van der Waals surface area contributed by atoms with Crippen molar-refractivity contribution >= 4 is 5.69 Å². The Morgan fingerprint density at radius 3 is 2.41 bits per heavy atom. The number of hydrogen-bond donors (Lipinski definition) is 1. The van der Waals surface area contributed by atoms with Gasteiger partial charge < -0.3 is 5.32 Å². The van der Waals surface area contributed by atoms with Crippen LogP contribution in [0.4, 0.5) is 5.69 Å². The van der Waals surface area contributed by atoms with Crippen LogP contribution in [0.1, 0.15) is 6.92 Å². The molecule has 2 rings (SSSR count). The highest BCUT2D eigenvalue weighted by molar-refractivity contribution is 5.77. The maximum atomic E-state index is 3.34. The minimum absolute atomic E-state index is 0.681. The van der Waals surface area contributed by atoms with E-state index < -0.39 is 0 Å². The van der Waals surface area contributed by atoms with E-state index in [9.17, 15) is 0 Å². The standard InChI is InChI=1S/C16H15N/c1-2-3-13-17-16-12-8-7-11-15(16)14-9-5-4-6-10-14/h4-12,17H,13H2,1H3. The molecule has 0 fully saturated rings. The molecule has 1 nitrogen and oxygen atoms in total. The zero-order chi connectivity index (χ0) is 11.9. The second-order valence-electron chi connectivity index (χ2n) is 3.69. The summed E-state index contributed by atoms with van der Waals surface area (Å²) in [7, 11) is 0. The van der Waals surface area contributed by atoms with Crippen LogP contribution in [0.15, 0.2) is 54.6 Å². The van der Waals surface area contributed by atoms with Crippen LogP contribution >= 0.6 is 0 Å². The highest BCUT2D eigenvalue weighted by atomic mass is 14.9. The van der Waals surface area contributed by atoms with E-state index >= 15 is 0 Å². The summed E-state index contributed by atoms with van der Waals surface area (Å²) in [6, 6.07) is 18.7. The Morgan fingerprint density at radius 1 is 0.941 bits per heavy atom. The average Bonchev–Trinajstić information content (AvgIpc) is 2.41. The predicted octanol–water partition coefficient (Wildman–Crippen LogP) is 3.79. The van der Waals surface area contributed by atoms with Gasteiger partial charge in [0.05, 0.1) is 6.54 Å². The van der Waals surface area contributed by atoms with Gasteiger partial charge in [0.2, 0.25) is 0 Å². The second-order valence-corrected chi connectivity index (χ2v) is 3.69. The van der Waals surface area contributed by atoms with Crippen molar-refractivity contribution in [1.29, 1.82) is 0 Å². The third-order valence-electron chi connectivity index (χ3n) is 2.56. The molecule has 17 heavy (non-hydrogen) atoms. The number of para-hydroxylation sites is 1. The van der Waals surface area contributed by atoms with E-state index in [1.165, 1.54) is 11.1 Å². The van der Waals surface area contributed by atoms with Gasteiger partial charge in [-0.05, 0) is 18.6 Å². The molecule has 0 aliphatic heterocycles. The zero-order valence-electron chi connectivity index (χ0n) is 9.90. The molecule has 0 saturated carbocycles. The number of benzene rings is 2. The molecule has 0 saturated heterocycles. The van der Waals surface area contributed by atoms with Gasteiger partial charge in [-0.1, -0.05) is 54.5 Å². The van der Waals surface area contributed by atoms with Crippen LogP contribution in [0.2, 0.25) is 0 Å². The van der Waals surface area contributed by atoms with Crippen LogP contribution in [-0.2, 0) is 0 Å². The molecule has 2 aromatic rings. The number of anilines is 1. The van der Waals surface area contributed by atoms with Crippen LogP contribution in [0.25, 0.3) is 11.1 Å². The summed E-state index contributed by atoms with van der Waals surface area (Å²) in [6.07, 6.45) is 0. The fourth-order valence-electron chi connectivity index (χ4n) is 1.73. The van der Waals surface area contributed by atoms with Crippen molar-refractivity contribution in [2.45, 2.75) is 6.92 Å². The van der Waals surface area contributed by atoms with Gasteiger partial charge in [0.25, 0.3) is 0 Å². The fourth-order valence-corrected chi connectivity index (χ4v) is 1.73. The molecule has 0 atom stereocenters. The topological polar surface area (TPSA) is 12.0 Å². The summed E-state index contributed by atoms with van der Waals surface area (Å²) >= 11 is 0. The average molecular weight is 221 g/mol. The van der Waals surface area contributed by atoms with E-state index in [2.05, 4.69) is 59.6 Å². The van der Waals surface area contributed by atoms with Crippen LogP contribution < -0.4 is 5.32 Å². The van der Waals surface area contributed by atoms with E-state index in [1.54, 1.807) is 0 Å². The fraction of sp³-hybridized carbons (Fsp3) is 0.125. The van der Waals surface area contributed by atoms with Crippen molar-refractivity contribution in [3.63, 3.8) is 0 Å². The minimum atomic E-state index is 0.681. The molecule has 0 aliphatic rings. The molecule has 84 valence electrons. The Hall–Kier alpha value is -2.20. The molecular formula is C16H15N. The molecule has 0 unspecified atom stereocenters. The molecule has 0 spiro atoms. The lowest BCUT2D eigenvalue weighted by atomic mass is 10.0. The Morgan fingerprint density at radius 2 is 1.65 bits per heavy atom. The number of nitrogens with one attached hydrogen (secondary N) is 1. The largest absolute Gasteiger partial charge is 0.374 e. The van der Waals surface area contributed by atoms with Gasteiger partial charge in [0, 0.05) is 11.3 Å². The molecule has 0 amide bonds. The first-order chi connectivity index (χ1) is 8.42. The third-order valence-corrected chi connectivity index (χ3v) is 2.56. The maximum absolute atomic E-state index is 3.34. The van der Waals surface area contributed by atoms with Crippen molar-refractivity contribution in [1.82, 2.24) is 0 Å². The summed E-state index contributed by atoms with van der Waals surface area (Å²) in [5.74, 6) is 5.90. The Labute approximate surface area is 102 Å². The molecule has 0 heterocycles. The molecule has 0 aliphatic carbocycles. The van der Waals surface area contributed by atoms with Crippen molar-refractivity contribution in [2.24, 2.45) is 0 Å². The zero-order valence-corrected chi connectivity index (χ0v) is 9.90. The summed E-state index contributed by atoms with van der Waals surface area (Å²) in [5.41, 5.74) is 3.56. The molecule has 0 radical (unpaired) electrons. The van der Waals surface area contributed by atoms with E-state index in [0.29, 0.717) is 6.54 Å². The van der Waals surface area contributed by atoms with Crippen molar-refractivity contribution < 1.29 is 0 Å². The minimum Gasteiger partial charge on any atom is -0.374 e. The highest BCUT2D eigenvalue weighted by Crippen LogP contribution is 2.27. The van der Waals surface area contributed by atoms with Gasteiger partial charge in [0.15, 0.2) is 0 Å². The molecule has 2 aromatic carbocycles. The number of rotatable bonds is 3. The Kier molecular flexibility index (Phi) is 3.83. The van der Waals surface area contributed by atoms with Gasteiger partial charge >= 0.3 is 0 Å². The quantitative estimate of drug-likeness (QED) is 0.777. The van der Waals surface area contributed by atoms with Crippen LogP contribution in [-0.4, -0.2) is 6.54 Å². The van der Waals surface area contributed by atoms with Crippen LogP contribution in [0.3, 0.4) is 0 Å². The van der Waals surface area contributed by atoms with Gasteiger partial charge in [-0.3, -0.25) is 0 Å². The van der Waals surface area contributed by atoms with Crippen molar-refractivity contribution in [3.05, 3.63) is 54.6 Å². The Balaban J connectivity index is 2.30. The van der Waals surface area contributed by atoms with Gasteiger partial charge in [0.1, 0.15) is 0 Å². The van der Waals surface area contributed by atoms with Gasteiger partial charge in [-0.2, -0.15) is 0 Å². The van der Waals surface area contributed by atoms with Crippen LogP contribution in [0.5, 0.6) is 0 Å². The number of hydrogen-bond acceptors (Lipinski definition) is 1. The van der Waals surface area contributed by atoms with E-state index in [4.69, 9.17) is 0 Å². The lowest BCUT2D eigenvalue weighted by Crippen LogP contribution is -2.00. The summed E-state index contributed by atoms with van der Waals surface area (Å²) in [6.45, 7) is 2.53. The highest BCUT2D eigenvalue weighted by Gasteiger charge is 2.02. The van der Waals surface area contributed by atoms with E-state index in [0.717, 1.165) is 5.69 Å². The lowest BCUT2D eigenvalue weighted by Gasteiger charge is -2.10. The monoisotopic (exact) mass is 221 g/mol. The van der Waals surface area contributed by atoms with Crippen molar-refractivity contribution in [3.8, 4) is 23.0 Å². The first kappa shape index (κ1) is 11.3. The summed E-state index contributed by atoms with van der Waals surface area (Å²) in [5, 5.41) is 3.34. The second kappa shape index (κ2) is 5.77.